The van der Waals surface area contributed by atoms with Crippen LogP contribution in [0.5, 0.6) is 0 Å². The molecule has 27 heavy (non-hydrogen) atoms. The fraction of sp³-hybridized carbons (Fsp3) is 0.611. The van der Waals surface area contributed by atoms with E-state index < -0.39 is 10.0 Å². The van der Waals surface area contributed by atoms with Crippen LogP contribution < -0.4 is 10.6 Å². The smallest absolute Gasteiger partial charge is 0.243 e. The van der Waals surface area contributed by atoms with Gasteiger partial charge in [0.2, 0.25) is 15.9 Å². The van der Waals surface area contributed by atoms with Crippen molar-refractivity contribution >= 4 is 28.3 Å². The highest BCUT2D eigenvalue weighted by molar-refractivity contribution is 7.89. The molecule has 0 aromatic heterocycles. The zero-order valence-electron chi connectivity index (χ0n) is 15.4. The molecule has 0 saturated carbocycles. The Labute approximate surface area is 167 Å². The highest BCUT2D eigenvalue weighted by atomic mass is 35.5. The minimum absolute atomic E-state index is 0. The lowest BCUT2D eigenvalue weighted by Gasteiger charge is -2.26. The zero-order chi connectivity index (χ0) is 18.4. The molecule has 2 aliphatic rings. The lowest BCUT2D eigenvalue weighted by Crippen LogP contribution is -2.40. The van der Waals surface area contributed by atoms with Crippen molar-refractivity contribution in [2.75, 3.05) is 39.4 Å². The third-order valence-electron chi connectivity index (χ3n) is 4.88. The summed E-state index contributed by atoms with van der Waals surface area (Å²) in [6.07, 6.45) is 3.28. The van der Waals surface area contributed by atoms with E-state index >= 15 is 0 Å². The monoisotopic (exact) mass is 417 g/mol. The third kappa shape index (κ3) is 6.15. The molecule has 0 radical (unpaired) electrons. The Balaban J connectivity index is 0.00000261. The van der Waals surface area contributed by atoms with Crippen LogP contribution in [0.25, 0.3) is 0 Å². The number of halogens is 1. The number of amides is 1. The summed E-state index contributed by atoms with van der Waals surface area (Å²) >= 11 is 0. The fourth-order valence-corrected chi connectivity index (χ4v) is 4.69. The second-order valence-electron chi connectivity index (χ2n) is 6.76. The van der Waals surface area contributed by atoms with Crippen LogP contribution in [0.2, 0.25) is 0 Å². The Morgan fingerprint density at radius 1 is 1.22 bits per heavy atom. The van der Waals surface area contributed by atoms with Crippen molar-refractivity contribution < 1.29 is 17.9 Å². The van der Waals surface area contributed by atoms with E-state index in [9.17, 15) is 13.2 Å². The number of carbonyl (C=O) groups excluding carboxylic acids is 1. The van der Waals surface area contributed by atoms with Crippen molar-refractivity contribution in [3.63, 3.8) is 0 Å². The largest absolute Gasteiger partial charge is 0.379 e. The third-order valence-corrected chi connectivity index (χ3v) is 6.79. The number of sulfonamides is 1. The number of hydrogen-bond donors (Lipinski definition) is 2. The number of nitrogens with one attached hydrogen (secondary N) is 2. The molecule has 9 heteroatoms. The predicted octanol–water partition coefficient (Wildman–Crippen LogP) is 0.930. The molecule has 1 aromatic rings. The van der Waals surface area contributed by atoms with Crippen LogP contribution >= 0.6 is 12.4 Å². The van der Waals surface area contributed by atoms with E-state index in [-0.39, 0.29) is 18.3 Å². The van der Waals surface area contributed by atoms with Crippen molar-refractivity contribution in [1.82, 2.24) is 14.9 Å². The van der Waals surface area contributed by atoms with Crippen molar-refractivity contribution in [3.05, 3.63) is 29.8 Å². The Bertz CT molecular complexity index is 700. The number of nitrogens with zero attached hydrogens (tertiary/aromatic N) is 1. The van der Waals surface area contributed by atoms with E-state index in [0.29, 0.717) is 56.6 Å². The molecule has 0 aliphatic carbocycles. The molecule has 2 aliphatic heterocycles. The molecule has 0 spiro atoms. The first kappa shape index (κ1) is 22.1. The van der Waals surface area contributed by atoms with Gasteiger partial charge in [-0.3, -0.25) is 4.79 Å². The molecular weight excluding hydrogens is 390 g/mol. The quantitative estimate of drug-likeness (QED) is 0.689. The molecule has 2 saturated heterocycles. The molecule has 152 valence electrons. The van der Waals surface area contributed by atoms with Gasteiger partial charge in [-0.2, -0.15) is 4.31 Å². The van der Waals surface area contributed by atoms with Gasteiger partial charge in [0.05, 0.1) is 18.1 Å². The number of carbonyl (C=O) groups is 1. The summed E-state index contributed by atoms with van der Waals surface area (Å²) in [4.78, 5) is 12.2. The molecule has 2 heterocycles. The first-order valence-electron chi connectivity index (χ1n) is 9.22. The predicted molar refractivity (Wildman–Crippen MR) is 106 cm³/mol. The number of morpholine rings is 1. The topological polar surface area (TPSA) is 87.7 Å². The fourth-order valence-electron chi connectivity index (χ4n) is 3.28. The van der Waals surface area contributed by atoms with E-state index in [1.807, 2.05) is 0 Å². The van der Waals surface area contributed by atoms with Gasteiger partial charge < -0.3 is 15.4 Å². The summed E-state index contributed by atoms with van der Waals surface area (Å²) in [6, 6.07) is 7.22. The van der Waals surface area contributed by atoms with Crippen molar-refractivity contribution in [3.8, 4) is 0 Å². The normalized spacial score (nSPS) is 20.8. The molecule has 1 aromatic carbocycles. The SMILES string of the molecule is Cl.O=C(CCc1ccc(S(=O)(=O)N2CCOCC2)cc1)NCC1CCCN1. The minimum Gasteiger partial charge on any atom is -0.379 e. The lowest BCUT2D eigenvalue weighted by molar-refractivity contribution is -0.121. The van der Waals surface area contributed by atoms with Gasteiger partial charge in [0, 0.05) is 32.1 Å². The van der Waals surface area contributed by atoms with Crippen LogP contribution in [0.15, 0.2) is 29.2 Å². The summed E-state index contributed by atoms with van der Waals surface area (Å²) in [5, 5.41) is 6.31. The Hall–Kier alpha value is -1.19. The van der Waals surface area contributed by atoms with Gasteiger partial charge in [-0.1, -0.05) is 12.1 Å². The van der Waals surface area contributed by atoms with E-state index in [4.69, 9.17) is 4.74 Å². The maximum Gasteiger partial charge on any atom is 0.243 e. The maximum atomic E-state index is 12.6. The summed E-state index contributed by atoms with van der Waals surface area (Å²) in [5.74, 6) is 0.0312. The summed E-state index contributed by atoms with van der Waals surface area (Å²) in [6.45, 7) is 3.35. The average Bonchev–Trinajstić information content (AvgIpc) is 3.19. The van der Waals surface area contributed by atoms with Crippen molar-refractivity contribution in [2.45, 2.75) is 36.6 Å². The zero-order valence-corrected chi connectivity index (χ0v) is 17.0. The van der Waals surface area contributed by atoms with Gasteiger partial charge in [0.1, 0.15) is 0 Å². The molecule has 1 amide bonds. The van der Waals surface area contributed by atoms with E-state index in [0.717, 1.165) is 18.5 Å². The Kier molecular flexibility index (Phi) is 8.50. The molecule has 7 nitrogen and oxygen atoms in total. The standard InChI is InChI=1S/C18H27N3O4S.ClH/c22-18(20-14-16-2-1-9-19-16)8-5-15-3-6-17(7-4-15)26(23,24)21-10-12-25-13-11-21;/h3-4,6-7,16,19H,1-2,5,8-14H2,(H,20,22);1H. The number of aryl methyl sites for hydroxylation is 1. The van der Waals surface area contributed by atoms with Gasteiger partial charge in [0.25, 0.3) is 0 Å². The second kappa shape index (κ2) is 10.4. The van der Waals surface area contributed by atoms with Gasteiger partial charge in [-0.25, -0.2) is 8.42 Å². The van der Waals surface area contributed by atoms with Crippen LogP contribution in [-0.2, 0) is 26.0 Å². The summed E-state index contributed by atoms with van der Waals surface area (Å²) in [5.41, 5.74) is 0.958. The van der Waals surface area contributed by atoms with E-state index in [1.54, 1.807) is 24.3 Å². The Morgan fingerprint density at radius 3 is 2.56 bits per heavy atom. The molecule has 1 unspecified atom stereocenters. The maximum absolute atomic E-state index is 12.6. The second-order valence-corrected chi connectivity index (χ2v) is 8.70. The average molecular weight is 418 g/mol. The minimum atomic E-state index is -3.46. The van der Waals surface area contributed by atoms with Crippen LogP contribution in [0.3, 0.4) is 0 Å². The van der Waals surface area contributed by atoms with Gasteiger partial charge >= 0.3 is 0 Å². The molecule has 2 N–H and O–H groups in total. The number of hydrogen-bond acceptors (Lipinski definition) is 5. The van der Waals surface area contributed by atoms with Gasteiger partial charge in [0.15, 0.2) is 0 Å². The number of benzene rings is 1. The van der Waals surface area contributed by atoms with E-state index in [2.05, 4.69) is 10.6 Å². The van der Waals surface area contributed by atoms with Crippen LogP contribution in [0, 0.1) is 0 Å². The number of rotatable bonds is 7. The van der Waals surface area contributed by atoms with Crippen LogP contribution in [0.4, 0.5) is 0 Å². The highest BCUT2D eigenvalue weighted by Crippen LogP contribution is 2.18. The first-order chi connectivity index (χ1) is 12.6. The molecule has 3 rings (SSSR count). The number of ether oxygens (including phenoxy) is 1. The summed E-state index contributed by atoms with van der Waals surface area (Å²) in [7, 11) is -3.46. The lowest BCUT2D eigenvalue weighted by atomic mass is 10.1. The van der Waals surface area contributed by atoms with Crippen LogP contribution in [0.1, 0.15) is 24.8 Å². The highest BCUT2D eigenvalue weighted by Gasteiger charge is 2.26. The molecule has 1 atom stereocenters. The van der Waals surface area contributed by atoms with Gasteiger partial charge in [-0.05, 0) is 43.5 Å². The van der Waals surface area contributed by atoms with Gasteiger partial charge in [-0.15, -0.1) is 12.4 Å². The Morgan fingerprint density at radius 2 is 1.93 bits per heavy atom. The molecule has 0 bridgehead atoms. The summed E-state index contributed by atoms with van der Waals surface area (Å²) < 4.78 is 31.8. The van der Waals surface area contributed by atoms with Crippen molar-refractivity contribution in [1.29, 1.82) is 0 Å². The molecule has 2 fully saturated rings. The van der Waals surface area contributed by atoms with Crippen LogP contribution in [-0.4, -0.2) is 64.1 Å². The first-order valence-corrected chi connectivity index (χ1v) is 10.7. The van der Waals surface area contributed by atoms with E-state index in [1.165, 1.54) is 10.7 Å². The molecular formula is C18H28ClN3O4S. The van der Waals surface area contributed by atoms with Crippen molar-refractivity contribution in [2.24, 2.45) is 0 Å².